The van der Waals surface area contributed by atoms with E-state index in [1.807, 2.05) is 0 Å². The number of hydrogen-bond donors (Lipinski definition) is 1. The van der Waals surface area contributed by atoms with Crippen molar-refractivity contribution in [3.05, 3.63) is 5.82 Å². The molecule has 0 radical (unpaired) electrons. The molecule has 1 rings (SSSR count). The second-order valence-corrected chi connectivity index (χ2v) is 4.20. The van der Waals surface area contributed by atoms with Gasteiger partial charge in [0, 0.05) is 31.0 Å². The van der Waals surface area contributed by atoms with Crippen LogP contribution in [0.25, 0.3) is 0 Å². The van der Waals surface area contributed by atoms with Gasteiger partial charge in [-0.1, -0.05) is 6.92 Å². The molecule has 0 aliphatic carbocycles. The van der Waals surface area contributed by atoms with Crippen molar-refractivity contribution in [2.75, 3.05) is 24.5 Å². The molecule has 0 aromatic carbocycles. The monoisotopic (exact) mass is 228 g/mol. The molecule has 1 aromatic rings. The van der Waals surface area contributed by atoms with Crippen molar-refractivity contribution < 1.29 is 0 Å². The van der Waals surface area contributed by atoms with Crippen molar-refractivity contribution in [1.82, 2.24) is 9.36 Å². The Morgan fingerprint density at radius 2 is 2.20 bits per heavy atom. The molecular formula is C10H20N4S. The van der Waals surface area contributed by atoms with E-state index in [0.717, 1.165) is 49.9 Å². The Labute approximate surface area is 95.7 Å². The van der Waals surface area contributed by atoms with E-state index in [0.29, 0.717) is 0 Å². The Morgan fingerprint density at radius 3 is 2.80 bits per heavy atom. The quantitative estimate of drug-likeness (QED) is 0.771. The predicted molar refractivity (Wildman–Crippen MR) is 65.5 cm³/mol. The fourth-order valence-corrected chi connectivity index (χ4v) is 2.17. The smallest absolute Gasteiger partial charge is 0.205 e. The normalized spacial score (nSPS) is 10.6. The molecular weight excluding hydrogens is 208 g/mol. The van der Waals surface area contributed by atoms with Gasteiger partial charge in [-0.2, -0.15) is 4.37 Å². The standard InChI is InChI=1S/C10H20N4S/c1-3-6-9-12-10(15-13-9)14(4-2)8-5-7-11/h3-8,11H2,1-2H3. The minimum absolute atomic E-state index is 0.733. The Hall–Kier alpha value is -0.680. The first kappa shape index (κ1) is 12.4. The van der Waals surface area contributed by atoms with Gasteiger partial charge in [-0.25, -0.2) is 4.98 Å². The van der Waals surface area contributed by atoms with Crippen LogP contribution in [0, 0.1) is 0 Å². The second-order valence-electron chi connectivity index (χ2n) is 3.47. The lowest BCUT2D eigenvalue weighted by Gasteiger charge is -2.18. The van der Waals surface area contributed by atoms with E-state index in [4.69, 9.17) is 5.73 Å². The average Bonchev–Trinajstić information content (AvgIpc) is 2.68. The van der Waals surface area contributed by atoms with Gasteiger partial charge in [0.25, 0.3) is 0 Å². The number of aromatic nitrogens is 2. The van der Waals surface area contributed by atoms with E-state index in [1.165, 1.54) is 11.5 Å². The van der Waals surface area contributed by atoms with Crippen LogP contribution in [0.3, 0.4) is 0 Å². The van der Waals surface area contributed by atoms with Gasteiger partial charge in [-0.05, 0) is 26.3 Å². The molecule has 0 fully saturated rings. The number of nitrogens with two attached hydrogens (primary N) is 1. The fraction of sp³-hybridized carbons (Fsp3) is 0.800. The SMILES string of the molecule is CCCc1nsc(N(CC)CCCN)n1. The summed E-state index contributed by atoms with van der Waals surface area (Å²) in [6.07, 6.45) is 3.09. The number of hydrogen-bond acceptors (Lipinski definition) is 5. The fourth-order valence-electron chi connectivity index (χ4n) is 1.37. The summed E-state index contributed by atoms with van der Waals surface area (Å²) >= 11 is 1.50. The third-order valence-electron chi connectivity index (χ3n) is 2.22. The molecule has 0 saturated carbocycles. The van der Waals surface area contributed by atoms with E-state index >= 15 is 0 Å². The molecule has 0 bridgehead atoms. The molecule has 0 saturated heterocycles. The second kappa shape index (κ2) is 6.74. The molecule has 4 nitrogen and oxygen atoms in total. The number of aryl methyl sites for hydroxylation is 1. The summed E-state index contributed by atoms with van der Waals surface area (Å²) in [7, 11) is 0. The summed E-state index contributed by atoms with van der Waals surface area (Å²) < 4.78 is 4.34. The molecule has 2 N–H and O–H groups in total. The average molecular weight is 228 g/mol. The summed E-state index contributed by atoms with van der Waals surface area (Å²) in [4.78, 5) is 6.76. The van der Waals surface area contributed by atoms with E-state index in [-0.39, 0.29) is 0 Å². The highest BCUT2D eigenvalue weighted by Gasteiger charge is 2.09. The Morgan fingerprint density at radius 1 is 1.40 bits per heavy atom. The number of rotatable bonds is 7. The molecule has 5 heteroatoms. The minimum Gasteiger partial charge on any atom is -0.347 e. The summed E-state index contributed by atoms with van der Waals surface area (Å²) in [6.45, 7) is 6.97. The van der Waals surface area contributed by atoms with Crippen LogP contribution in [-0.4, -0.2) is 29.0 Å². The highest BCUT2D eigenvalue weighted by Crippen LogP contribution is 2.17. The molecule has 1 aromatic heterocycles. The van der Waals surface area contributed by atoms with Crippen molar-refractivity contribution in [3.8, 4) is 0 Å². The zero-order chi connectivity index (χ0) is 11.1. The number of anilines is 1. The van der Waals surface area contributed by atoms with Gasteiger partial charge in [-0.3, -0.25) is 0 Å². The summed E-state index contributed by atoms with van der Waals surface area (Å²) in [6, 6.07) is 0. The predicted octanol–water partition coefficient (Wildman–Crippen LogP) is 1.67. The maximum Gasteiger partial charge on any atom is 0.205 e. The Bertz CT molecular complexity index is 274. The van der Waals surface area contributed by atoms with Gasteiger partial charge in [0.15, 0.2) is 0 Å². The van der Waals surface area contributed by atoms with E-state index in [9.17, 15) is 0 Å². The highest BCUT2D eigenvalue weighted by molar-refractivity contribution is 7.09. The molecule has 1 heterocycles. The zero-order valence-electron chi connectivity index (χ0n) is 9.57. The van der Waals surface area contributed by atoms with Crippen LogP contribution < -0.4 is 10.6 Å². The lowest BCUT2D eigenvalue weighted by Crippen LogP contribution is -2.25. The molecule has 86 valence electrons. The van der Waals surface area contributed by atoms with Gasteiger partial charge in [0.05, 0.1) is 0 Å². The molecule has 0 atom stereocenters. The van der Waals surface area contributed by atoms with Gasteiger partial charge >= 0.3 is 0 Å². The Kier molecular flexibility index (Phi) is 5.57. The lowest BCUT2D eigenvalue weighted by molar-refractivity contribution is 0.748. The van der Waals surface area contributed by atoms with Crippen LogP contribution in [-0.2, 0) is 6.42 Å². The minimum atomic E-state index is 0.733. The van der Waals surface area contributed by atoms with Crippen molar-refractivity contribution in [2.45, 2.75) is 33.1 Å². The van der Waals surface area contributed by atoms with Gasteiger partial charge < -0.3 is 10.6 Å². The van der Waals surface area contributed by atoms with E-state index in [2.05, 4.69) is 28.1 Å². The molecule has 15 heavy (non-hydrogen) atoms. The van der Waals surface area contributed by atoms with Crippen LogP contribution in [0.1, 0.15) is 32.5 Å². The van der Waals surface area contributed by atoms with Crippen molar-refractivity contribution in [2.24, 2.45) is 5.73 Å². The third-order valence-corrected chi connectivity index (χ3v) is 3.03. The van der Waals surface area contributed by atoms with Gasteiger partial charge in [0.2, 0.25) is 5.13 Å². The zero-order valence-corrected chi connectivity index (χ0v) is 10.4. The Balaban J connectivity index is 2.57. The van der Waals surface area contributed by atoms with Crippen molar-refractivity contribution >= 4 is 16.7 Å². The summed E-state index contributed by atoms with van der Waals surface area (Å²) in [5, 5.41) is 1.04. The molecule has 0 unspecified atom stereocenters. The van der Waals surface area contributed by atoms with Crippen LogP contribution >= 0.6 is 11.5 Å². The lowest BCUT2D eigenvalue weighted by atomic mass is 10.3. The van der Waals surface area contributed by atoms with Gasteiger partial charge in [-0.15, -0.1) is 0 Å². The highest BCUT2D eigenvalue weighted by atomic mass is 32.1. The first-order valence-electron chi connectivity index (χ1n) is 5.59. The van der Waals surface area contributed by atoms with Crippen LogP contribution in [0.5, 0.6) is 0 Å². The van der Waals surface area contributed by atoms with Crippen molar-refractivity contribution in [3.63, 3.8) is 0 Å². The van der Waals surface area contributed by atoms with E-state index in [1.54, 1.807) is 0 Å². The van der Waals surface area contributed by atoms with Crippen molar-refractivity contribution in [1.29, 1.82) is 0 Å². The van der Waals surface area contributed by atoms with E-state index < -0.39 is 0 Å². The van der Waals surface area contributed by atoms with Crippen LogP contribution in [0.2, 0.25) is 0 Å². The van der Waals surface area contributed by atoms with Crippen LogP contribution in [0.4, 0.5) is 5.13 Å². The number of nitrogens with zero attached hydrogens (tertiary/aromatic N) is 3. The summed E-state index contributed by atoms with van der Waals surface area (Å²) in [5.74, 6) is 0.976. The summed E-state index contributed by atoms with van der Waals surface area (Å²) in [5.41, 5.74) is 5.50. The largest absolute Gasteiger partial charge is 0.347 e. The molecule has 0 amide bonds. The molecule has 0 aliphatic rings. The maximum atomic E-state index is 5.50. The third kappa shape index (κ3) is 3.76. The topological polar surface area (TPSA) is 55.0 Å². The molecule has 0 aliphatic heterocycles. The first-order chi connectivity index (χ1) is 7.31. The molecule has 0 spiro atoms. The maximum absolute atomic E-state index is 5.50. The van der Waals surface area contributed by atoms with Gasteiger partial charge in [0.1, 0.15) is 5.82 Å². The van der Waals surface area contributed by atoms with Crippen LogP contribution in [0.15, 0.2) is 0 Å². The first-order valence-corrected chi connectivity index (χ1v) is 6.36.